The van der Waals surface area contributed by atoms with E-state index in [2.05, 4.69) is 4.98 Å². The summed E-state index contributed by atoms with van der Waals surface area (Å²) in [7, 11) is 3.16. The maximum absolute atomic E-state index is 14.2. The SMILES string of the molecule is CN(C)Cc1cncc(F)c1B1OC(C)(C)C(C)(C)O1. The molecule has 0 aliphatic carbocycles. The molecule has 0 radical (unpaired) electrons. The molecule has 0 aromatic carbocycles. The van der Waals surface area contributed by atoms with Crippen molar-refractivity contribution in [3.8, 4) is 0 Å². The fourth-order valence-corrected chi connectivity index (χ4v) is 2.18. The van der Waals surface area contributed by atoms with Crippen LogP contribution in [0.15, 0.2) is 12.4 Å². The van der Waals surface area contributed by atoms with Crippen molar-refractivity contribution in [1.82, 2.24) is 9.88 Å². The highest BCUT2D eigenvalue weighted by Crippen LogP contribution is 2.36. The van der Waals surface area contributed by atoms with Crippen molar-refractivity contribution in [2.24, 2.45) is 0 Å². The first kappa shape index (κ1) is 15.4. The summed E-state index contributed by atoms with van der Waals surface area (Å²) >= 11 is 0. The van der Waals surface area contributed by atoms with Gasteiger partial charge in [-0.3, -0.25) is 4.98 Å². The van der Waals surface area contributed by atoms with Crippen LogP contribution in [0.25, 0.3) is 0 Å². The lowest BCUT2D eigenvalue weighted by molar-refractivity contribution is 0.00578. The summed E-state index contributed by atoms with van der Waals surface area (Å²) in [5, 5.41) is 0. The second-order valence-corrected chi connectivity index (χ2v) is 6.52. The van der Waals surface area contributed by atoms with Gasteiger partial charge in [-0.25, -0.2) is 4.39 Å². The molecule has 0 N–H and O–H groups in total. The van der Waals surface area contributed by atoms with Crippen molar-refractivity contribution in [3.63, 3.8) is 0 Å². The van der Waals surface area contributed by atoms with E-state index in [1.54, 1.807) is 6.20 Å². The normalized spacial score (nSPS) is 20.7. The lowest BCUT2D eigenvalue weighted by atomic mass is 9.76. The highest BCUT2D eigenvalue weighted by Gasteiger charge is 2.53. The van der Waals surface area contributed by atoms with Gasteiger partial charge >= 0.3 is 7.12 Å². The summed E-state index contributed by atoms with van der Waals surface area (Å²) in [4.78, 5) is 5.89. The van der Waals surface area contributed by atoms with Crippen LogP contribution in [0.4, 0.5) is 4.39 Å². The van der Waals surface area contributed by atoms with Gasteiger partial charge in [-0.05, 0) is 47.4 Å². The van der Waals surface area contributed by atoms with Gasteiger partial charge < -0.3 is 14.2 Å². The fraction of sp³-hybridized carbons (Fsp3) is 0.643. The Morgan fingerprint density at radius 2 is 1.70 bits per heavy atom. The topological polar surface area (TPSA) is 34.6 Å². The molecule has 110 valence electrons. The van der Waals surface area contributed by atoms with Crippen LogP contribution in [0.1, 0.15) is 33.3 Å². The molecule has 0 saturated carbocycles. The Bertz CT molecular complexity index is 490. The zero-order valence-corrected chi connectivity index (χ0v) is 13.0. The van der Waals surface area contributed by atoms with Gasteiger partial charge in [0, 0.05) is 18.2 Å². The molecule has 2 rings (SSSR count). The zero-order chi connectivity index (χ0) is 15.1. The number of aromatic nitrogens is 1. The Kier molecular flexibility index (Phi) is 3.93. The molecule has 0 amide bonds. The first-order chi connectivity index (χ1) is 9.14. The van der Waals surface area contributed by atoms with Crippen LogP contribution in [0.3, 0.4) is 0 Å². The minimum atomic E-state index is -0.696. The molecule has 0 spiro atoms. The van der Waals surface area contributed by atoms with E-state index >= 15 is 0 Å². The van der Waals surface area contributed by atoms with Gasteiger partial charge in [0.2, 0.25) is 0 Å². The quantitative estimate of drug-likeness (QED) is 0.787. The second-order valence-electron chi connectivity index (χ2n) is 6.52. The molecule has 20 heavy (non-hydrogen) atoms. The van der Waals surface area contributed by atoms with Gasteiger partial charge in [0.15, 0.2) is 0 Å². The first-order valence-electron chi connectivity index (χ1n) is 6.77. The molecule has 0 atom stereocenters. The van der Waals surface area contributed by atoms with E-state index in [0.717, 1.165) is 5.56 Å². The van der Waals surface area contributed by atoms with Crippen molar-refractivity contribution in [1.29, 1.82) is 0 Å². The largest absolute Gasteiger partial charge is 0.498 e. The molecular formula is C14H22BFN2O2. The summed E-state index contributed by atoms with van der Waals surface area (Å²) in [6.45, 7) is 8.41. The molecule has 2 heterocycles. The molecule has 1 aliphatic heterocycles. The Hall–Kier alpha value is -0.975. The Morgan fingerprint density at radius 3 is 2.20 bits per heavy atom. The van der Waals surface area contributed by atoms with Crippen molar-refractivity contribution in [2.45, 2.75) is 45.4 Å². The van der Waals surface area contributed by atoms with Crippen molar-refractivity contribution in [3.05, 3.63) is 23.8 Å². The van der Waals surface area contributed by atoms with Crippen molar-refractivity contribution >= 4 is 12.6 Å². The van der Waals surface area contributed by atoms with Gasteiger partial charge in [0.05, 0.1) is 17.4 Å². The number of pyridine rings is 1. The Labute approximate surface area is 120 Å². The highest BCUT2D eigenvalue weighted by molar-refractivity contribution is 6.62. The van der Waals surface area contributed by atoms with Crippen LogP contribution in [0.2, 0.25) is 0 Å². The smallest absolute Gasteiger partial charge is 0.399 e. The second kappa shape index (κ2) is 5.09. The summed E-state index contributed by atoms with van der Waals surface area (Å²) in [6, 6.07) is 0. The fourth-order valence-electron chi connectivity index (χ4n) is 2.18. The summed E-state index contributed by atoms with van der Waals surface area (Å²) in [5.41, 5.74) is 0.270. The number of hydrogen-bond donors (Lipinski definition) is 0. The van der Waals surface area contributed by atoms with Crippen LogP contribution in [-0.2, 0) is 15.9 Å². The maximum Gasteiger partial charge on any atom is 0.498 e. The van der Waals surface area contributed by atoms with E-state index in [-0.39, 0.29) is 5.82 Å². The van der Waals surface area contributed by atoms with Crippen LogP contribution in [-0.4, -0.2) is 42.3 Å². The monoisotopic (exact) mass is 280 g/mol. The lowest BCUT2D eigenvalue weighted by Gasteiger charge is -2.32. The third kappa shape index (κ3) is 2.73. The lowest BCUT2D eigenvalue weighted by Crippen LogP contribution is -2.41. The number of rotatable bonds is 3. The molecule has 0 bridgehead atoms. The van der Waals surface area contributed by atoms with Gasteiger partial charge in [-0.15, -0.1) is 0 Å². The molecule has 1 fully saturated rings. The van der Waals surface area contributed by atoms with Crippen molar-refractivity contribution < 1.29 is 13.7 Å². The van der Waals surface area contributed by atoms with Gasteiger partial charge in [0.25, 0.3) is 0 Å². The molecule has 0 unspecified atom stereocenters. The van der Waals surface area contributed by atoms with Crippen molar-refractivity contribution in [2.75, 3.05) is 14.1 Å². The van der Waals surface area contributed by atoms with Gasteiger partial charge in [0.1, 0.15) is 5.82 Å². The van der Waals surface area contributed by atoms with Gasteiger partial charge in [-0.1, -0.05) is 0 Å². The molecular weight excluding hydrogens is 258 g/mol. The summed E-state index contributed by atoms with van der Waals surface area (Å²) < 4.78 is 26.1. The zero-order valence-electron chi connectivity index (χ0n) is 13.0. The van der Waals surface area contributed by atoms with E-state index in [0.29, 0.717) is 12.0 Å². The van der Waals surface area contributed by atoms with E-state index < -0.39 is 18.3 Å². The van der Waals surface area contributed by atoms with Crippen LogP contribution < -0.4 is 5.46 Å². The minimum Gasteiger partial charge on any atom is -0.399 e. The predicted molar refractivity (Wildman–Crippen MR) is 77.3 cm³/mol. The predicted octanol–water partition coefficient (Wildman–Crippen LogP) is 1.58. The average Bonchev–Trinajstić information content (AvgIpc) is 2.46. The average molecular weight is 280 g/mol. The summed E-state index contributed by atoms with van der Waals surface area (Å²) in [6.07, 6.45) is 2.88. The molecule has 4 nitrogen and oxygen atoms in total. The Morgan fingerprint density at radius 1 is 1.15 bits per heavy atom. The van der Waals surface area contributed by atoms with Crippen LogP contribution in [0, 0.1) is 5.82 Å². The molecule has 1 aromatic heterocycles. The highest BCUT2D eigenvalue weighted by atomic mass is 19.1. The van der Waals surface area contributed by atoms with Crippen LogP contribution in [0.5, 0.6) is 0 Å². The first-order valence-corrected chi connectivity index (χ1v) is 6.77. The molecule has 1 aromatic rings. The number of halogens is 1. The molecule has 6 heteroatoms. The van der Waals surface area contributed by atoms with E-state index in [1.807, 2.05) is 46.7 Å². The van der Waals surface area contributed by atoms with E-state index in [1.165, 1.54) is 6.20 Å². The summed E-state index contributed by atoms with van der Waals surface area (Å²) in [5.74, 6) is -0.386. The minimum absolute atomic E-state index is 0.386. The molecule has 1 saturated heterocycles. The van der Waals surface area contributed by atoms with E-state index in [9.17, 15) is 4.39 Å². The van der Waals surface area contributed by atoms with E-state index in [4.69, 9.17) is 9.31 Å². The maximum atomic E-state index is 14.2. The Balaban J connectivity index is 2.39. The standard InChI is InChI=1S/C14H22BFN2O2/c1-13(2)14(3,4)20-15(19-13)12-10(9-18(5)6)7-17-8-11(12)16/h7-8H,9H2,1-6H3. The van der Waals surface area contributed by atoms with Gasteiger partial charge in [-0.2, -0.15) is 0 Å². The van der Waals surface area contributed by atoms with Crippen LogP contribution >= 0.6 is 0 Å². The number of nitrogens with zero attached hydrogens (tertiary/aromatic N) is 2. The third-order valence-corrected chi connectivity index (χ3v) is 4.00. The number of hydrogen-bond acceptors (Lipinski definition) is 4. The third-order valence-electron chi connectivity index (χ3n) is 4.00. The molecule has 1 aliphatic rings.